The molecule has 0 unspecified atom stereocenters. The molecule has 0 aliphatic carbocycles. The molecule has 0 amide bonds. The molecule has 5 nitrogen and oxygen atoms in total. The lowest BCUT2D eigenvalue weighted by Crippen LogP contribution is -2.32. The van der Waals surface area contributed by atoms with Crippen molar-refractivity contribution in [1.82, 2.24) is 15.0 Å². The van der Waals surface area contributed by atoms with Crippen LogP contribution in [0.3, 0.4) is 0 Å². The predicted molar refractivity (Wildman–Crippen MR) is 108 cm³/mol. The van der Waals surface area contributed by atoms with Crippen LogP contribution in [0, 0.1) is 6.92 Å². The minimum Gasteiger partial charge on any atom is -0.370 e. The maximum Gasteiger partial charge on any atom is 0.149 e. The molecule has 4 heterocycles. The number of thiophene rings is 1. The molecule has 138 valence electrons. The highest BCUT2D eigenvalue weighted by atomic mass is 32.1. The normalized spacial score (nSPS) is 16.2. The Morgan fingerprint density at radius 2 is 2.08 bits per heavy atom. The summed E-state index contributed by atoms with van der Waals surface area (Å²) in [5.41, 5.74) is 4.55. The Bertz CT molecular complexity index is 979. The van der Waals surface area contributed by atoms with Gasteiger partial charge in [-0.05, 0) is 32.8 Å². The molecule has 0 atom stereocenters. The van der Waals surface area contributed by atoms with Gasteiger partial charge in [0.15, 0.2) is 0 Å². The Morgan fingerprint density at radius 3 is 2.85 bits per heavy atom. The first-order valence-electron chi connectivity index (χ1n) is 9.32. The first-order chi connectivity index (χ1) is 12.4. The summed E-state index contributed by atoms with van der Waals surface area (Å²) >= 11 is 1.72. The molecule has 0 saturated carbocycles. The van der Waals surface area contributed by atoms with Gasteiger partial charge < -0.3 is 9.64 Å². The number of unbranched alkanes of at least 4 members (excludes halogenated alkanes) is 1. The van der Waals surface area contributed by atoms with Crippen molar-refractivity contribution in [3.63, 3.8) is 0 Å². The van der Waals surface area contributed by atoms with Crippen molar-refractivity contribution in [2.45, 2.75) is 59.2 Å². The van der Waals surface area contributed by atoms with E-state index in [0.717, 1.165) is 45.9 Å². The maximum absolute atomic E-state index is 6.04. The number of aryl methyl sites for hydroxylation is 1. The third-order valence-electron chi connectivity index (χ3n) is 5.22. The molecule has 3 aromatic rings. The van der Waals surface area contributed by atoms with E-state index in [-0.39, 0.29) is 5.60 Å². The van der Waals surface area contributed by atoms with E-state index in [2.05, 4.69) is 49.6 Å². The quantitative estimate of drug-likeness (QED) is 0.670. The molecule has 26 heavy (non-hydrogen) atoms. The summed E-state index contributed by atoms with van der Waals surface area (Å²) in [6.45, 7) is 10.2. The van der Waals surface area contributed by atoms with Crippen molar-refractivity contribution in [2.75, 3.05) is 18.5 Å². The average Bonchev–Trinajstić information content (AvgIpc) is 2.96. The SMILES string of the molecule is CCCCN(C)c1ncnc2c1sc1nc(C)c3c(c12)CC(C)(C)OC3. The second kappa shape index (κ2) is 6.43. The zero-order chi connectivity index (χ0) is 18.5. The average molecular weight is 371 g/mol. The molecule has 0 radical (unpaired) electrons. The summed E-state index contributed by atoms with van der Waals surface area (Å²) in [6.07, 6.45) is 4.92. The Kier molecular flexibility index (Phi) is 4.35. The van der Waals surface area contributed by atoms with Gasteiger partial charge in [0.25, 0.3) is 0 Å². The largest absolute Gasteiger partial charge is 0.370 e. The van der Waals surface area contributed by atoms with E-state index in [1.807, 2.05) is 0 Å². The molecule has 0 bridgehead atoms. The highest BCUT2D eigenvalue weighted by Crippen LogP contribution is 2.42. The summed E-state index contributed by atoms with van der Waals surface area (Å²) in [5, 5.41) is 1.20. The van der Waals surface area contributed by atoms with E-state index in [1.54, 1.807) is 17.7 Å². The Morgan fingerprint density at radius 1 is 1.27 bits per heavy atom. The van der Waals surface area contributed by atoms with E-state index in [4.69, 9.17) is 9.72 Å². The number of hydrogen-bond donors (Lipinski definition) is 0. The first-order valence-corrected chi connectivity index (χ1v) is 10.1. The van der Waals surface area contributed by atoms with E-state index >= 15 is 0 Å². The monoisotopic (exact) mass is 370 g/mol. The van der Waals surface area contributed by atoms with Crippen LogP contribution in [0.1, 0.15) is 50.4 Å². The minimum atomic E-state index is -0.157. The van der Waals surface area contributed by atoms with Crippen molar-refractivity contribution in [3.05, 3.63) is 23.1 Å². The molecular weight excluding hydrogens is 344 g/mol. The predicted octanol–water partition coefficient (Wildman–Crippen LogP) is 4.64. The van der Waals surface area contributed by atoms with Crippen LogP contribution < -0.4 is 4.90 Å². The summed E-state index contributed by atoms with van der Waals surface area (Å²) in [4.78, 5) is 17.5. The molecule has 0 aromatic carbocycles. The summed E-state index contributed by atoms with van der Waals surface area (Å²) in [5.74, 6) is 1.02. The second-order valence-electron chi connectivity index (χ2n) is 7.81. The minimum absolute atomic E-state index is 0.157. The van der Waals surface area contributed by atoms with Gasteiger partial charge in [-0.2, -0.15) is 0 Å². The van der Waals surface area contributed by atoms with Crippen LogP contribution >= 0.6 is 11.3 Å². The zero-order valence-electron chi connectivity index (χ0n) is 16.2. The molecule has 3 aromatic heterocycles. The van der Waals surface area contributed by atoms with E-state index in [0.29, 0.717) is 6.61 Å². The van der Waals surface area contributed by atoms with Crippen LogP contribution in [0.4, 0.5) is 5.82 Å². The molecular formula is C20H26N4OS. The van der Waals surface area contributed by atoms with Gasteiger partial charge in [-0.1, -0.05) is 13.3 Å². The van der Waals surface area contributed by atoms with Gasteiger partial charge in [-0.15, -0.1) is 11.3 Å². The topological polar surface area (TPSA) is 51.1 Å². The van der Waals surface area contributed by atoms with E-state index in [9.17, 15) is 0 Å². The number of aromatic nitrogens is 3. The van der Waals surface area contributed by atoms with Crippen molar-refractivity contribution in [2.24, 2.45) is 0 Å². The van der Waals surface area contributed by atoms with Gasteiger partial charge in [-0.25, -0.2) is 15.0 Å². The highest BCUT2D eigenvalue weighted by molar-refractivity contribution is 7.26. The van der Waals surface area contributed by atoms with Gasteiger partial charge in [0.2, 0.25) is 0 Å². The van der Waals surface area contributed by atoms with Crippen molar-refractivity contribution < 1.29 is 4.74 Å². The van der Waals surface area contributed by atoms with Gasteiger partial charge >= 0.3 is 0 Å². The van der Waals surface area contributed by atoms with Crippen molar-refractivity contribution in [3.8, 4) is 0 Å². The lowest BCUT2D eigenvalue weighted by atomic mass is 9.89. The van der Waals surface area contributed by atoms with Crippen LogP contribution in [-0.4, -0.2) is 34.1 Å². The third kappa shape index (κ3) is 2.85. The summed E-state index contributed by atoms with van der Waals surface area (Å²) < 4.78 is 7.18. The molecule has 6 heteroatoms. The first kappa shape index (κ1) is 17.6. The van der Waals surface area contributed by atoms with Crippen molar-refractivity contribution in [1.29, 1.82) is 0 Å². The summed E-state index contributed by atoms with van der Waals surface area (Å²) in [6, 6.07) is 0. The highest BCUT2D eigenvalue weighted by Gasteiger charge is 2.31. The smallest absolute Gasteiger partial charge is 0.149 e. The van der Waals surface area contributed by atoms with Crippen LogP contribution in [0.5, 0.6) is 0 Å². The van der Waals surface area contributed by atoms with Crippen LogP contribution in [0.2, 0.25) is 0 Å². The van der Waals surface area contributed by atoms with Gasteiger partial charge in [0.05, 0.1) is 22.4 Å². The fourth-order valence-corrected chi connectivity index (χ4v) is 4.98. The number of ether oxygens (including phenoxy) is 1. The van der Waals surface area contributed by atoms with Gasteiger partial charge in [-0.3, -0.25) is 0 Å². The third-order valence-corrected chi connectivity index (χ3v) is 6.29. The fourth-order valence-electron chi connectivity index (χ4n) is 3.73. The number of pyridine rings is 1. The van der Waals surface area contributed by atoms with Crippen LogP contribution in [0.25, 0.3) is 20.4 Å². The van der Waals surface area contributed by atoms with Gasteiger partial charge in [0.1, 0.15) is 17.0 Å². The Balaban J connectivity index is 1.96. The molecule has 0 saturated heterocycles. The molecule has 4 rings (SSSR count). The molecule has 1 aliphatic rings. The maximum atomic E-state index is 6.04. The number of rotatable bonds is 4. The van der Waals surface area contributed by atoms with E-state index in [1.165, 1.54) is 22.9 Å². The Labute approximate surface area is 158 Å². The van der Waals surface area contributed by atoms with Crippen molar-refractivity contribution >= 4 is 37.6 Å². The fraction of sp³-hybridized carbons (Fsp3) is 0.550. The number of fused-ring (bicyclic) bond motifs is 5. The number of anilines is 1. The number of hydrogen-bond acceptors (Lipinski definition) is 6. The van der Waals surface area contributed by atoms with Gasteiger partial charge in [0, 0.05) is 36.7 Å². The van der Waals surface area contributed by atoms with Crippen LogP contribution in [0.15, 0.2) is 6.33 Å². The van der Waals surface area contributed by atoms with Crippen LogP contribution in [-0.2, 0) is 17.8 Å². The Hall–Kier alpha value is -1.79. The summed E-state index contributed by atoms with van der Waals surface area (Å²) in [7, 11) is 2.12. The molecule has 1 aliphatic heterocycles. The number of nitrogens with zero attached hydrogens (tertiary/aromatic N) is 4. The lowest BCUT2D eigenvalue weighted by Gasteiger charge is -2.32. The molecule has 0 spiro atoms. The molecule has 0 N–H and O–H groups in total. The zero-order valence-corrected chi connectivity index (χ0v) is 17.0. The van der Waals surface area contributed by atoms with E-state index < -0.39 is 0 Å². The standard InChI is InChI=1S/C20H26N4OS/c1-6-7-8-24(5)18-17-16(21-11-22-18)15-13-9-20(3,4)25-10-14(13)12(2)23-19(15)26-17/h11H,6-10H2,1-5H3. The lowest BCUT2D eigenvalue weighted by molar-refractivity contribution is -0.0400. The molecule has 0 fully saturated rings. The second-order valence-corrected chi connectivity index (χ2v) is 8.81.